The zero-order valence-electron chi connectivity index (χ0n) is 11.7. The van der Waals surface area contributed by atoms with Gasteiger partial charge in [0, 0.05) is 23.1 Å². The average Bonchev–Trinajstić information content (AvgIpc) is 2.70. The van der Waals surface area contributed by atoms with Crippen molar-refractivity contribution in [3.8, 4) is 0 Å². The van der Waals surface area contributed by atoms with E-state index >= 15 is 0 Å². The van der Waals surface area contributed by atoms with Gasteiger partial charge in [-0.05, 0) is 69.5 Å². The lowest BCUT2D eigenvalue weighted by Crippen LogP contribution is -2.26. The largest absolute Gasteiger partial charge is 0.345 e. The second-order valence-corrected chi connectivity index (χ2v) is 5.43. The number of benzene rings is 1. The number of rotatable bonds is 2. The Hall–Kier alpha value is -1.35. The minimum absolute atomic E-state index is 0.129. The highest BCUT2D eigenvalue weighted by Gasteiger charge is 2.23. The van der Waals surface area contributed by atoms with Crippen LogP contribution >= 0.6 is 0 Å². The molecule has 2 nitrogen and oxygen atoms in total. The van der Waals surface area contributed by atoms with Crippen LogP contribution in [0.3, 0.4) is 0 Å². The summed E-state index contributed by atoms with van der Waals surface area (Å²) in [4.78, 5) is 0. The van der Waals surface area contributed by atoms with Gasteiger partial charge >= 0.3 is 0 Å². The highest BCUT2D eigenvalue weighted by Crippen LogP contribution is 2.36. The number of piperidine rings is 1. The van der Waals surface area contributed by atoms with Gasteiger partial charge in [-0.25, -0.2) is 4.39 Å². The van der Waals surface area contributed by atoms with Gasteiger partial charge < -0.3 is 9.88 Å². The summed E-state index contributed by atoms with van der Waals surface area (Å²) < 4.78 is 15.9. The minimum Gasteiger partial charge on any atom is -0.345 e. The Morgan fingerprint density at radius 2 is 2.05 bits per heavy atom. The fourth-order valence-corrected chi connectivity index (χ4v) is 3.51. The van der Waals surface area contributed by atoms with Crippen molar-refractivity contribution < 1.29 is 4.39 Å². The van der Waals surface area contributed by atoms with Gasteiger partial charge in [0.1, 0.15) is 5.82 Å². The molecule has 0 unspecified atom stereocenters. The lowest BCUT2D eigenvalue weighted by Gasteiger charge is -2.23. The van der Waals surface area contributed by atoms with Crippen LogP contribution in [0, 0.1) is 12.7 Å². The van der Waals surface area contributed by atoms with Crippen molar-refractivity contribution in [2.45, 2.75) is 39.2 Å². The fraction of sp³-hybridized carbons (Fsp3) is 0.500. The summed E-state index contributed by atoms with van der Waals surface area (Å²) in [5, 5.41) is 4.52. The molecule has 2 heterocycles. The van der Waals surface area contributed by atoms with Crippen molar-refractivity contribution in [2.24, 2.45) is 0 Å². The van der Waals surface area contributed by atoms with E-state index < -0.39 is 0 Å². The van der Waals surface area contributed by atoms with E-state index in [0.717, 1.165) is 37.9 Å². The van der Waals surface area contributed by atoms with Crippen LogP contribution < -0.4 is 5.32 Å². The lowest BCUT2D eigenvalue weighted by molar-refractivity contribution is 0.460. The number of hydrogen-bond acceptors (Lipinski definition) is 1. The first-order valence-corrected chi connectivity index (χ1v) is 7.21. The normalized spacial score (nSPS) is 17.2. The maximum atomic E-state index is 13.6. The molecule has 3 rings (SSSR count). The van der Waals surface area contributed by atoms with Crippen LogP contribution in [0.2, 0.25) is 0 Å². The number of fused-ring (bicyclic) bond motifs is 1. The molecular formula is C16H21FN2. The Bertz CT molecular complexity index is 594. The third kappa shape index (κ3) is 2.06. The van der Waals surface area contributed by atoms with Crippen LogP contribution in [-0.4, -0.2) is 17.7 Å². The molecule has 19 heavy (non-hydrogen) atoms. The summed E-state index contributed by atoms with van der Waals surface area (Å²) in [6, 6.07) is 5.21. The SMILES string of the molecule is CCn1c(C)c(C2CCNCC2)c2cc(F)ccc21. The fourth-order valence-electron chi connectivity index (χ4n) is 3.51. The van der Waals surface area contributed by atoms with Crippen LogP contribution in [-0.2, 0) is 6.54 Å². The molecule has 0 bridgehead atoms. The van der Waals surface area contributed by atoms with Gasteiger partial charge in [0.15, 0.2) is 0 Å². The second-order valence-electron chi connectivity index (χ2n) is 5.43. The molecule has 102 valence electrons. The monoisotopic (exact) mass is 260 g/mol. The topological polar surface area (TPSA) is 17.0 Å². The molecule has 1 aromatic heterocycles. The van der Waals surface area contributed by atoms with Crippen LogP contribution in [0.1, 0.15) is 36.9 Å². The Balaban J connectivity index is 2.21. The van der Waals surface area contributed by atoms with E-state index in [0.29, 0.717) is 5.92 Å². The Morgan fingerprint density at radius 3 is 2.74 bits per heavy atom. The third-order valence-corrected chi connectivity index (χ3v) is 4.40. The van der Waals surface area contributed by atoms with E-state index in [-0.39, 0.29) is 5.82 Å². The summed E-state index contributed by atoms with van der Waals surface area (Å²) >= 11 is 0. The molecule has 0 aliphatic carbocycles. The molecule has 0 saturated carbocycles. The standard InChI is InChI=1S/C16H21FN2/c1-3-19-11(2)16(12-6-8-18-9-7-12)14-10-13(17)4-5-15(14)19/h4-5,10,12,18H,3,6-9H2,1-2H3. The van der Waals surface area contributed by atoms with E-state index in [1.165, 1.54) is 16.8 Å². The Kier molecular flexibility index (Phi) is 3.31. The van der Waals surface area contributed by atoms with E-state index in [9.17, 15) is 4.39 Å². The first-order chi connectivity index (χ1) is 9.22. The molecule has 1 N–H and O–H groups in total. The Labute approximate surface area is 113 Å². The van der Waals surface area contributed by atoms with Gasteiger partial charge in [-0.1, -0.05) is 0 Å². The number of halogens is 1. The predicted molar refractivity (Wildman–Crippen MR) is 77.2 cm³/mol. The number of nitrogens with zero attached hydrogens (tertiary/aromatic N) is 1. The van der Waals surface area contributed by atoms with E-state index in [4.69, 9.17) is 0 Å². The van der Waals surface area contributed by atoms with Crippen LogP contribution in [0.4, 0.5) is 4.39 Å². The van der Waals surface area contributed by atoms with Crippen molar-refractivity contribution in [1.29, 1.82) is 0 Å². The summed E-state index contributed by atoms with van der Waals surface area (Å²) in [5.74, 6) is 0.439. The first kappa shape index (κ1) is 12.7. The van der Waals surface area contributed by atoms with Gasteiger partial charge in [0.25, 0.3) is 0 Å². The molecule has 1 aliphatic heterocycles. The van der Waals surface area contributed by atoms with Crippen LogP contribution in [0.5, 0.6) is 0 Å². The molecule has 0 amide bonds. The minimum atomic E-state index is -0.129. The quantitative estimate of drug-likeness (QED) is 0.873. The smallest absolute Gasteiger partial charge is 0.123 e. The molecular weight excluding hydrogens is 239 g/mol. The third-order valence-electron chi connectivity index (χ3n) is 4.40. The number of hydrogen-bond donors (Lipinski definition) is 1. The van der Waals surface area contributed by atoms with Gasteiger partial charge in [-0.15, -0.1) is 0 Å². The van der Waals surface area contributed by atoms with Crippen molar-refractivity contribution in [3.63, 3.8) is 0 Å². The molecule has 1 saturated heterocycles. The maximum Gasteiger partial charge on any atom is 0.123 e. The van der Waals surface area contributed by atoms with Gasteiger partial charge in [-0.2, -0.15) is 0 Å². The molecule has 2 aromatic rings. The molecule has 0 radical (unpaired) electrons. The highest BCUT2D eigenvalue weighted by molar-refractivity contribution is 5.86. The van der Waals surface area contributed by atoms with Gasteiger partial charge in [-0.3, -0.25) is 0 Å². The predicted octanol–water partition coefficient (Wildman–Crippen LogP) is 3.58. The van der Waals surface area contributed by atoms with Crippen molar-refractivity contribution in [1.82, 2.24) is 9.88 Å². The second kappa shape index (κ2) is 4.97. The number of nitrogens with one attached hydrogen (secondary N) is 1. The summed E-state index contributed by atoms with van der Waals surface area (Å²) in [6.07, 6.45) is 2.31. The average molecular weight is 260 g/mol. The zero-order chi connectivity index (χ0) is 13.4. The summed E-state index contributed by atoms with van der Waals surface area (Å²) in [7, 11) is 0. The van der Waals surface area contributed by atoms with E-state index in [1.807, 2.05) is 6.07 Å². The zero-order valence-corrected chi connectivity index (χ0v) is 11.7. The molecule has 3 heteroatoms. The first-order valence-electron chi connectivity index (χ1n) is 7.21. The van der Waals surface area contributed by atoms with Gasteiger partial charge in [0.2, 0.25) is 0 Å². The maximum absolute atomic E-state index is 13.6. The summed E-state index contributed by atoms with van der Waals surface area (Å²) in [5.41, 5.74) is 3.86. The lowest BCUT2D eigenvalue weighted by atomic mass is 9.88. The van der Waals surface area contributed by atoms with Gasteiger partial charge in [0.05, 0.1) is 0 Å². The van der Waals surface area contributed by atoms with Crippen LogP contribution in [0.15, 0.2) is 18.2 Å². The number of aromatic nitrogens is 1. The van der Waals surface area contributed by atoms with Crippen molar-refractivity contribution in [2.75, 3.05) is 13.1 Å². The van der Waals surface area contributed by atoms with Crippen molar-refractivity contribution in [3.05, 3.63) is 35.3 Å². The Morgan fingerprint density at radius 1 is 1.32 bits per heavy atom. The molecule has 1 aliphatic rings. The van der Waals surface area contributed by atoms with Crippen molar-refractivity contribution >= 4 is 10.9 Å². The molecule has 0 spiro atoms. The van der Waals surface area contributed by atoms with E-state index in [1.54, 1.807) is 12.1 Å². The highest BCUT2D eigenvalue weighted by atomic mass is 19.1. The summed E-state index contributed by atoms with van der Waals surface area (Å²) in [6.45, 7) is 7.41. The van der Waals surface area contributed by atoms with Crippen LogP contribution in [0.25, 0.3) is 10.9 Å². The number of aryl methyl sites for hydroxylation is 1. The molecule has 1 fully saturated rings. The van der Waals surface area contributed by atoms with E-state index in [2.05, 4.69) is 23.7 Å². The molecule has 0 atom stereocenters. The molecule has 1 aromatic carbocycles.